The van der Waals surface area contributed by atoms with Crippen LogP contribution >= 0.6 is 11.8 Å². The predicted molar refractivity (Wildman–Crippen MR) is 73.2 cm³/mol. The average molecular weight is 295 g/mol. The summed E-state index contributed by atoms with van der Waals surface area (Å²) in [6, 6.07) is 0. The minimum atomic E-state index is -0.867. The van der Waals surface area contributed by atoms with E-state index in [1.165, 1.54) is 4.68 Å². The number of aryl methyl sites for hydroxylation is 3. The fraction of sp³-hybridized carbons (Fsp3) is 0.300. The SMILES string of the molecule is Cc1nn(C)c(Sc2nc(=O)c(=O)[nH]n2C)c1C(=N)N. The summed E-state index contributed by atoms with van der Waals surface area (Å²) in [6.07, 6.45) is 0. The third-order valence-electron chi connectivity index (χ3n) is 2.57. The highest BCUT2D eigenvalue weighted by Gasteiger charge is 2.19. The normalized spacial score (nSPS) is 10.8. The summed E-state index contributed by atoms with van der Waals surface area (Å²) in [5, 5.41) is 15.0. The number of nitrogens with one attached hydrogen (secondary N) is 2. The lowest BCUT2D eigenvalue weighted by Gasteiger charge is -2.07. The number of amidine groups is 1. The maximum Gasteiger partial charge on any atom is 0.339 e. The van der Waals surface area contributed by atoms with Crippen molar-refractivity contribution in [2.45, 2.75) is 17.1 Å². The Morgan fingerprint density at radius 1 is 1.40 bits per heavy atom. The van der Waals surface area contributed by atoms with E-state index in [-0.39, 0.29) is 11.0 Å². The third kappa shape index (κ3) is 2.37. The predicted octanol–water partition coefficient (Wildman–Crippen LogP) is -1.05. The topological polar surface area (TPSA) is 135 Å². The Bertz CT molecular complexity index is 801. The van der Waals surface area contributed by atoms with Gasteiger partial charge in [0.1, 0.15) is 10.9 Å². The molecule has 4 N–H and O–H groups in total. The zero-order valence-electron chi connectivity index (χ0n) is 11.1. The first-order valence-electron chi connectivity index (χ1n) is 5.54. The van der Waals surface area contributed by atoms with Gasteiger partial charge >= 0.3 is 11.1 Å². The van der Waals surface area contributed by atoms with Gasteiger partial charge in [0.2, 0.25) is 0 Å². The number of nitrogens with two attached hydrogens (primary N) is 1. The van der Waals surface area contributed by atoms with Crippen LogP contribution in [0.2, 0.25) is 0 Å². The van der Waals surface area contributed by atoms with Crippen LogP contribution in [0.1, 0.15) is 11.3 Å². The molecule has 0 aliphatic heterocycles. The zero-order valence-corrected chi connectivity index (χ0v) is 11.9. The van der Waals surface area contributed by atoms with Gasteiger partial charge in [-0.15, -0.1) is 0 Å². The molecule has 0 unspecified atom stereocenters. The number of aromatic nitrogens is 5. The number of H-pyrrole nitrogens is 1. The van der Waals surface area contributed by atoms with Crippen LogP contribution in [-0.2, 0) is 14.1 Å². The van der Waals surface area contributed by atoms with Gasteiger partial charge in [0.05, 0.1) is 11.3 Å². The standard InChI is InChI=1S/C10H13N7O2S/c1-4-5(6(11)12)9(16(2)14-4)20-10-13-7(18)8(19)15-17(10)3/h1-3H3,(H3,11,12)(H,15,19). The molecule has 10 heteroatoms. The fourth-order valence-corrected chi connectivity index (χ4v) is 2.72. The van der Waals surface area contributed by atoms with E-state index in [4.69, 9.17) is 11.1 Å². The second-order valence-electron chi connectivity index (χ2n) is 4.10. The van der Waals surface area contributed by atoms with E-state index < -0.39 is 11.1 Å². The molecule has 0 aliphatic rings. The van der Waals surface area contributed by atoms with Gasteiger partial charge in [0.25, 0.3) is 0 Å². The minimum Gasteiger partial charge on any atom is -0.384 e. The van der Waals surface area contributed by atoms with Crippen molar-refractivity contribution in [3.63, 3.8) is 0 Å². The number of hydrogen-bond acceptors (Lipinski definition) is 6. The Balaban J connectivity index is 2.56. The number of nitrogen functional groups attached to an aromatic ring is 1. The molecule has 0 saturated heterocycles. The quantitative estimate of drug-likeness (QED) is 0.375. The molecule has 20 heavy (non-hydrogen) atoms. The van der Waals surface area contributed by atoms with Gasteiger partial charge in [-0.3, -0.25) is 29.5 Å². The summed E-state index contributed by atoms with van der Waals surface area (Å²) < 4.78 is 2.88. The lowest BCUT2D eigenvalue weighted by molar-refractivity contribution is 0.593. The molecular weight excluding hydrogens is 282 g/mol. The van der Waals surface area contributed by atoms with E-state index in [0.29, 0.717) is 16.3 Å². The smallest absolute Gasteiger partial charge is 0.339 e. The van der Waals surface area contributed by atoms with Gasteiger partial charge in [0, 0.05) is 14.1 Å². The van der Waals surface area contributed by atoms with E-state index in [1.807, 2.05) is 0 Å². The van der Waals surface area contributed by atoms with Crippen LogP contribution in [-0.4, -0.2) is 30.4 Å². The highest BCUT2D eigenvalue weighted by molar-refractivity contribution is 7.99. The van der Waals surface area contributed by atoms with Crippen molar-refractivity contribution in [1.29, 1.82) is 5.41 Å². The summed E-state index contributed by atoms with van der Waals surface area (Å²) in [7, 11) is 3.26. The van der Waals surface area contributed by atoms with Crippen molar-refractivity contribution in [1.82, 2.24) is 24.5 Å². The first-order valence-corrected chi connectivity index (χ1v) is 6.36. The Labute approximate surface area is 117 Å². The van der Waals surface area contributed by atoms with Crippen LogP contribution in [0, 0.1) is 12.3 Å². The first kappa shape index (κ1) is 14.1. The average Bonchev–Trinajstić information content (AvgIpc) is 2.61. The molecule has 106 valence electrons. The molecule has 0 aromatic carbocycles. The molecule has 2 aromatic heterocycles. The van der Waals surface area contributed by atoms with Gasteiger partial charge in [-0.25, -0.2) is 0 Å². The zero-order chi connectivity index (χ0) is 15.0. The van der Waals surface area contributed by atoms with E-state index in [0.717, 1.165) is 11.8 Å². The summed E-state index contributed by atoms with van der Waals surface area (Å²) >= 11 is 1.10. The highest BCUT2D eigenvalue weighted by atomic mass is 32.2. The number of nitrogens with zero attached hydrogens (tertiary/aromatic N) is 4. The second kappa shape index (κ2) is 4.96. The van der Waals surface area contributed by atoms with Gasteiger partial charge in [0.15, 0.2) is 5.16 Å². The molecule has 9 nitrogen and oxygen atoms in total. The molecule has 0 spiro atoms. The Morgan fingerprint density at radius 3 is 2.65 bits per heavy atom. The molecule has 0 atom stereocenters. The van der Waals surface area contributed by atoms with Crippen molar-refractivity contribution in [2.75, 3.05) is 0 Å². The van der Waals surface area contributed by atoms with Crippen molar-refractivity contribution >= 4 is 17.6 Å². The van der Waals surface area contributed by atoms with Gasteiger partial charge in [-0.05, 0) is 18.7 Å². The van der Waals surface area contributed by atoms with Gasteiger partial charge in [-0.1, -0.05) is 0 Å². The molecule has 0 fully saturated rings. The summed E-state index contributed by atoms with van der Waals surface area (Å²) in [4.78, 5) is 26.2. The van der Waals surface area contributed by atoms with Crippen LogP contribution in [0.5, 0.6) is 0 Å². The molecule has 0 aliphatic carbocycles. The minimum absolute atomic E-state index is 0.118. The largest absolute Gasteiger partial charge is 0.384 e. The molecule has 2 heterocycles. The summed E-state index contributed by atoms with van der Waals surface area (Å²) in [5.74, 6) is -0.118. The second-order valence-corrected chi connectivity index (χ2v) is 5.06. The number of rotatable bonds is 3. The van der Waals surface area contributed by atoms with Crippen molar-refractivity contribution in [2.24, 2.45) is 19.8 Å². The van der Waals surface area contributed by atoms with Gasteiger partial charge in [-0.2, -0.15) is 10.1 Å². The third-order valence-corrected chi connectivity index (χ3v) is 3.78. The molecule has 0 saturated carbocycles. The number of hydrogen-bond donors (Lipinski definition) is 3. The lowest BCUT2D eigenvalue weighted by Crippen LogP contribution is -2.33. The van der Waals surface area contributed by atoms with E-state index in [1.54, 1.807) is 25.7 Å². The maximum absolute atomic E-state index is 11.3. The molecule has 0 amide bonds. The van der Waals surface area contributed by atoms with Crippen molar-refractivity contribution < 1.29 is 0 Å². The van der Waals surface area contributed by atoms with E-state index in [9.17, 15) is 9.59 Å². The maximum atomic E-state index is 11.3. The first-order chi connectivity index (χ1) is 9.31. The van der Waals surface area contributed by atoms with Gasteiger partial charge < -0.3 is 5.73 Å². The van der Waals surface area contributed by atoms with Crippen LogP contribution in [0.15, 0.2) is 19.8 Å². The summed E-state index contributed by atoms with van der Waals surface area (Å²) in [5.41, 5.74) is 4.98. The van der Waals surface area contributed by atoms with E-state index >= 15 is 0 Å². The molecule has 0 radical (unpaired) electrons. The molecular formula is C10H13N7O2S. The van der Waals surface area contributed by atoms with E-state index in [2.05, 4.69) is 15.2 Å². The monoisotopic (exact) mass is 295 g/mol. The lowest BCUT2D eigenvalue weighted by atomic mass is 10.2. The fourth-order valence-electron chi connectivity index (χ4n) is 1.70. The van der Waals surface area contributed by atoms with Crippen LogP contribution < -0.4 is 16.9 Å². The van der Waals surface area contributed by atoms with Crippen LogP contribution in [0.4, 0.5) is 0 Å². The highest BCUT2D eigenvalue weighted by Crippen LogP contribution is 2.28. The number of aromatic amines is 1. The molecule has 2 rings (SSSR count). The Kier molecular flexibility index (Phi) is 3.49. The van der Waals surface area contributed by atoms with Crippen molar-refractivity contribution in [3.05, 3.63) is 32.0 Å². The molecule has 2 aromatic rings. The summed E-state index contributed by atoms with van der Waals surface area (Å²) in [6.45, 7) is 1.74. The van der Waals surface area contributed by atoms with Crippen molar-refractivity contribution in [3.8, 4) is 0 Å². The van der Waals surface area contributed by atoms with Crippen LogP contribution in [0.25, 0.3) is 0 Å². The molecule has 0 bridgehead atoms. The Hall–Kier alpha value is -2.36. The Morgan fingerprint density at radius 2 is 2.05 bits per heavy atom. The van der Waals surface area contributed by atoms with Crippen LogP contribution in [0.3, 0.4) is 0 Å².